The number of hydrogen-bond donors (Lipinski definition) is 0. The molecule has 1 aromatic heterocycles. The van der Waals surface area contributed by atoms with Crippen LogP contribution in [-0.2, 0) is 11.0 Å². The van der Waals surface area contributed by atoms with Crippen molar-refractivity contribution in [2.75, 3.05) is 36.0 Å². The molecule has 1 saturated heterocycles. The van der Waals surface area contributed by atoms with E-state index < -0.39 is 8.32 Å². The van der Waals surface area contributed by atoms with Crippen molar-refractivity contribution >= 4 is 35.9 Å². The monoisotopic (exact) mass is 480 g/mol. The molecular weight excluding hydrogens is 451 g/mol. The molecule has 0 radical (unpaired) electrons. The maximum Gasteiger partial charge on any atom is 0.225 e. The summed E-state index contributed by atoms with van der Waals surface area (Å²) in [4.78, 5) is 13.0. The van der Waals surface area contributed by atoms with Crippen LogP contribution in [0.25, 0.3) is 0 Å². The Balaban J connectivity index is 1.66. The molecule has 0 atom stereocenters. The summed E-state index contributed by atoms with van der Waals surface area (Å²) in [5.41, 5.74) is 1.28. The lowest BCUT2D eigenvalue weighted by Crippen LogP contribution is -2.47. The van der Waals surface area contributed by atoms with Crippen molar-refractivity contribution in [3.8, 4) is 0 Å². The van der Waals surface area contributed by atoms with Crippen molar-refractivity contribution in [1.82, 2.24) is 9.97 Å². The molecule has 8 heteroatoms. The first-order valence-electron chi connectivity index (χ1n) is 9.97. The third-order valence-corrected chi connectivity index (χ3v) is 10.9. The van der Waals surface area contributed by atoms with Crippen LogP contribution in [0.3, 0.4) is 0 Å². The summed E-state index contributed by atoms with van der Waals surface area (Å²) in [6, 6.07) is 5.61. The fourth-order valence-corrected chi connectivity index (χ4v) is 4.17. The van der Waals surface area contributed by atoms with E-state index in [-0.39, 0.29) is 10.9 Å². The zero-order valence-corrected chi connectivity index (χ0v) is 20.5. The molecule has 0 unspecified atom stereocenters. The van der Waals surface area contributed by atoms with Crippen molar-refractivity contribution < 1.29 is 8.82 Å². The van der Waals surface area contributed by atoms with E-state index in [2.05, 4.69) is 69.6 Å². The minimum atomic E-state index is -1.92. The minimum Gasteiger partial charge on any atom is -0.412 e. The van der Waals surface area contributed by atoms with Crippen LogP contribution in [0.1, 0.15) is 26.3 Å². The fourth-order valence-electron chi connectivity index (χ4n) is 3.01. The van der Waals surface area contributed by atoms with E-state index in [1.165, 1.54) is 0 Å². The normalized spacial score (nSPS) is 15.7. The van der Waals surface area contributed by atoms with Crippen LogP contribution in [0.15, 0.2) is 35.1 Å². The molecule has 2 heterocycles. The molecule has 0 N–H and O–H groups in total. The van der Waals surface area contributed by atoms with E-state index in [0.29, 0.717) is 23.8 Å². The van der Waals surface area contributed by atoms with Gasteiger partial charge in [0, 0.05) is 44.1 Å². The van der Waals surface area contributed by atoms with Crippen LogP contribution in [-0.4, -0.2) is 44.5 Å². The second-order valence-corrected chi connectivity index (χ2v) is 14.7. The van der Waals surface area contributed by atoms with Gasteiger partial charge in [0.1, 0.15) is 0 Å². The van der Waals surface area contributed by atoms with Gasteiger partial charge in [-0.25, -0.2) is 14.4 Å². The van der Waals surface area contributed by atoms with Gasteiger partial charge in [-0.05, 0) is 40.1 Å². The summed E-state index contributed by atoms with van der Waals surface area (Å²) in [6.07, 6.45) is 3.50. The van der Waals surface area contributed by atoms with Crippen molar-refractivity contribution in [3.63, 3.8) is 0 Å². The van der Waals surface area contributed by atoms with Crippen molar-refractivity contribution in [2.24, 2.45) is 0 Å². The first-order valence-corrected chi connectivity index (χ1v) is 13.7. The van der Waals surface area contributed by atoms with Crippen LogP contribution in [0.4, 0.5) is 16.0 Å². The van der Waals surface area contributed by atoms with Gasteiger partial charge in [-0.15, -0.1) is 0 Å². The Morgan fingerprint density at radius 3 is 2.24 bits per heavy atom. The molecule has 29 heavy (non-hydrogen) atoms. The Morgan fingerprint density at radius 2 is 1.66 bits per heavy atom. The van der Waals surface area contributed by atoms with Gasteiger partial charge >= 0.3 is 0 Å². The van der Waals surface area contributed by atoms with Crippen LogP contribution in [0.2, 0.25) is 18.1 Å². The molecule has 2 aromatic rings. The maximum atomic E-state index is 15.2. The standard InChI is InChI=1S/C21H30BrFN4OSi/c1-21(2,3)29(4,5)28-15-16-7-6-8-18(19(16)23)26-9-11-27(12-10-26)20-24-13-17(22)14-25-20/h6-8,13-14H,9-12,15H2,1-5H3. The zero-order valence-electron chi connectivity index (χ0n) is 17.9. The highest BCUT2D eigenvalue weighted by Gasteiger charge is 2.37. The summed E-state index contributed by atoms with van der Waals surface area (Å²) >= 11 is 3.36. The molecule has 0 saturated carbocycles. The van der Waals surface area contributed by atoms with Gasteiger partial charge in [-0.1, -0.05) is 32.9 Å². The lowest BCUT2D eigenvalue weighted by atomic mass is 10.1. The second-order valence-electron chi connectivity index (χ2n) is 8.97. The van der Waals surface area contributed by atoms with Crippen LogP contribution >= 0.6 is 15.9 Å². The second kappa shape index (κ2) is 8.69. The minimum absolute atomic E-state index is 0.104. The molecule has 0 aliphatic carbocycles. The smallest absolute Gasteiger partial charge is 0.225 e. The highest BCUT2D eigenvalue weighted by Crippen LogP contribution is 2.37. The summed E-state index contributed by atoms with van der Waals surface area (Å²) in [5.74, 6) is 0.546. The predicted octanol–water partition coefficient (Wildman–Crippen LogP) is 5.23. The van der Waals surface area contributed by atoms with Crippen LogP contribution in [0, 0.1) is 5.82 Å². The third kappa shape index (κ3) is 5.16. The molecule has 1 aliphatic rings. The Bertz CT molecular complexity index is 834. The van der Waals surface area contributed by atoms with E-state index in [4.69, 9.17) is 4.43 Å². The Hall–Kier alpha value is -1.51. The topological polar surface area (TPSA) is 41.5 Å². The van der Waals surface area contributed by atoms with E-state index in [9.17, 15) is 0 Å². The average molecular weight is 481 g/mol. The molecule has 0 spiro atoms. The number of halogens is 2. The number of benzene rings is 1. The highest BCUT2D eigenvalue weighted by atomic mass is 79.9. The quantitative estimate of drug-likeness (QED) is 0.548. The molecule has 1 aliphatic heterocycles. The van der Waals surface area contributed by atoms with E-state index in [1.807, 2.05) is 18.2 Å². The van der Waals surface area contributed by atoms with Gasteiger partial charge in [0.25, 0.3) is 0 Å². The van der Waals surface area contributed by atoms with E-state index in [1.54, 1.807) is 12.4 Å². The molecule has 0 bridgehead atoms. The Morgan fingerprint density at radius 1 is 1.07 bits per heavy atom. The van der Waals surface area contributed by atoms with E-state index in [0.717, 1.165) is 30.7 Å². The first kappa shape index (κ1) is 22.2. The molecule has 0 amide bonds. The fraction of sp³-hybridized carbons (Fsp3) is 0.524. The van der Waals surface area contributed by atoms with Gasteiger partial charge in [0.15, 0.2) is 14.1 Å². The predicted molar refractivity (Wildman–Crippen MR) is 123 cm³/mol. The lowest BCUT2D eigenvalue weighted by molar-refractivity contribution is 0.271. The molecule has 1 aromatic carbocycles. The van der Waals surface area contributed by atoms with Crippen molar-refractivity contribution in [3.05, 3.63) is 46.4 Å². The van der Waals surface area contributed by atoms with Crippen molar-refractivity contribution in [1.29, 1.82) is 0 Å². The SMILES string of the molecule is CC(C)(C)[Si](C)(C)OCc1cccc(N2CCN(c3ncc(Br)cn3)CC2)c1F. The van der Waals surface area contributed by atoms with Crippen molar-refractivity contribution in [2.45, 2.75) is 45.5 Å². The maximum absolute atomic E-state index is 15.2. The van der Waals surface area contributed by atoms with Gasteiger partial charge in [-0.3, -0.25) is 0 Å². The highest BCUT2D eigenvalue weighted by molar-refractivity contribution is 9.10. The molecule has 1 fully saturated rings. The summed E-state index contributed by atoms with van der Waals surface area (Å²) in [5, 5.41) is 0.104. The zero-order chi connectivity index (χ0) is 21.2. The first-order chi connectivity index (χ1) is 13.6. The number of hydrogen-bond acceptors (Lipinski definition) is 5. The molecule has 3 rings (SSSR count). The summed E-state index contributed by atoms with van der Waals surface area (Å²) < 4.78 is 22.3. The number of nitrogens with zero attached hydrogens (tertiary/aromatic N) is 4. The van der Waals surface area contributed by atoms with Crippen LogP contribution < -0.4 is 9.80 Å². The van der Waals surface area contributed by atoms with Gasteiger partial charge < -0.3 is 14.2 Å². The van der Waals surface area contributed by atoms with Gasteiger partial charge in [0.2, 0.25) is 5.95 Å². The number of rotatable bonds is 5. The molecule has 158 valence electrons. The Kier molecular flexibility index (Phi) is 6.65. The summed E-state index contributed by atoms with van der Waals surface area (Å²) in [7, 11) is -1.92. The molecular formula is C21H30BrFN4OSi. The number of anilines is 2. The van der Waals surface area contributed by atoms with Gasteiger partial charge in [0.05, 0.1) is 16.8 Å². The van der Waals surface area contributed by atoms with Crippen LogP contribution in [0.5, 0.6) is 0 Å². The third-order valence-electron chi connectivity index (χ3n) is 5.96. The largest absolute Gasteiger partial charge is 0.412 e. The van der Waals surface area contributed by atoms with E-state index >= 15 is 4.39 Å². The molecule has 5 nitrogen and oxygen atoms in total. The summed E-state index contributed by atoms with van der Waals surface area (Å²) in [6.45, 7) is 14.3. The Labute approximate surface area is 182 Å². The van der Waals surface area contributed by atoms with Gasteiger partial charge in [-0.2, -0.15) is 0 Å². The lowest BCUT2D eigenvalue weighted by Gasteiger charge is -2.37. The number of piperazine rings is 1. The number of aromatic nitrogens is 2. The average Bonchev–Trinajstić information content (AvgIpc) is 2.67.